The number of rotatable bonds is 4. The van der Waals surface area contributed by atoms with Crippen LogP contribution in [0.2, 0.25) is 0 Å². The van der Waals surface area contributed by atoms with Gasteiger partial charge < -0.3 is 18.9 Å². The molecule has 0 aliphatic carbocycles. The largest absolute Gasteiger partial charge is 0.493 e. The normalized spacial score (nSPS) is 17.7. The number of nitrogens with zero attached hydrogens (tertiary/aromatic N) is 1. The van der Waals surface area contributed by atoms with Crippen LogP contribution >= 0.6 is 13.5 Å². The first-order chi connectivity index (χ1) is 14.2. The Bertz CT molecular complexity index is 1110. The average Bonchev–Trinajstić information content (AvgIpc) is 3.23. The summed E-state index contributed by atoms with van der Waals surface area (Å²) in [7, 11) is 3.38. The molecular weight excluding hydrogens is 398 g/mol. The zero-order chi connectivity index (χ0) is 20.1. The van der Waals surface area contributed by atoms with Crippen LogP contribution in [0.1, 0.15) is 31.4 Å². The predicted molar refractivity (Wildman–Crippen MR) is 125 cm³/mol. The summed E-state index contributed by atoms with van der Waals surface area (Å²) >= 11 is 0. The van der Waals surface area contributed by atoms with Gasteiger partial charge in [-0.05, 0) is 76.3 Å². The summed E-state index contributed by atoms with van der Waals surface area (Å²) in [6, 6.07) is 9.08. The van der Waals surface area contributed by atoms with Crippen LogP contribution in [0.3, 0.4) is 0 Å². The summed E-state index contributed by atoms with van der Waals surface area (Å²) in [6.45, 7) is 6.81. The van der Waals surface area contributed by atoms with Gasteiger partial charge in [0.15, 0.2) is 23.0 Å². The molecule has 2 heterocycles. The highest BCUT2D eigenvalue weighted by Crippen LogP contribution is 2.46. The number of hydrogen-bond acceptors (Lipinski definition) is 5. The summed E-state index contributed by atoms with van der Waals surface area (Å²) in [6.07, 6.45) is 2.18. The van der Waals surface area contributed by atoms with Gasteiger partial charge in [0, 0.05) is 12.6 Å². The molecule has 0 spiro atoms. The van der Waals surface area contributed by atoms with Crippen LogP contribution in [0.25, 0.3) is 21.5 Å². The van der Waals surface area contributed by atoms with E-state index in [-0.39, 0.29) is 20.3 Å². The maximum atomic E-state index is 5.71. The molecule has 5 rings (SSSR count). The van der Waals surface area contributed by atoms with E-state index in [1.165, 1.54) is 32.7 Å². The summed E-state index contributed by atoms with van der Waals surface area (Å²) in [5, 5.41) is 4.85. The third-order valence-corrected chi connectivity index (χ3v) is 6.54. The molecule has 6 heteroatoms. The van der Waals surface area contributed by atoms with Crippen LogP contribution in [0.5, 0.6) is 23.0 Å². The lowest BCUT2D eigenvalue weighted by atomic mass is 9.84. The Hall–Kier alpha value is -2.31. The number of hydrogen-bond donors (Lipinski definition) is 0. The van der Waals surface area contributed by atoms with Crippen molar-refractivity contribution in [3.8, 4) is 23.0 Å². The predicted octanol–water partition coefficient (Wildman–Crippen LogP) is 5.01. The topological polar surface area (TPSA) is 40.2 Å². The van der Waals surface area contributed by atoms with Crippen LogP contribution in [0.15, 0.2) is 24.3 Å². The molecule has 1 unspecified atom stereocenters. The van der Waals surface area contributed by atoms with Crippen LogP contribution in [0, 0.1) is 0 Å². The molecule has 0 amide bonds. The SMILES string of the molecule is CCC1Cc2c(c3cc4c(cc3c3cc(OC)c(OC)cc23)OCO4)CN1CC.S. The van der Waals surface area contributed by atoms with E-state index in [2.05, 4.69) is 43.0 Å². The fourth-order valence-electron chi connectivity index (χ4n) is 4.97. The van der Waals surface area contributed by atoms with Crippen molar-refractivity contribution in [2.24, 2.45) is 0 Å². The lowest BCUT2D eigenvalue weighted by Gasteiger charge is -2.37. The molecule has 5 nitrogen and oxygen atoms in total. The van der Waals surface area contributed by atoms with E-state index >= 15 is 0 Å². The van der Waals surface area contributed by atoms with Crippen molar-refractivity contribution >= 4 is 35.0 Å². The minimum Gasteiger partial charge on any atom is -0.493 e. The van der Waals surface area contributed by atoms with E-state index in [1.54, 1.807) is 14.2 Å². The van der Waals surface area contributed by atoms with Crippen molar-refractivity contribution in [2.45, 2.75) is 39.3 Å². The van der Waals surface area contributed by atoms with Gasteiger partial charge in [0.2, 0.25) is 6.79 Å². The molecule has 0 aromatic heterocycles. The summed E-state index contributed by atoms with van der Waals surface area (Å²) in [5.41, 5.74) is 2.81. The van der Waals surface area contributed by atoms with Crippen molar-refractivity contribution in [1.82, 2.24) is 4.90 Å². The van der Waals surface area contributed by atoms with Gasteiger partial charge >= 0.3 is 0 Å². The van der Waals surface area contributed by atoms with Crippen molar-refractivity contribution in [2.75, 3.05) is 27.6 Å². The minimum atomic E-state index is 0. The molecule has 0 saturated heterocycles. The second-order valence-electron chi connectivity index (χ2n) is 7.79. The van der Waals surface area contributed by atoms with Crippen LogP contribution in [0.4, 0.5) is 0 Å². The van der Waals surface area contributed by atoms with Crippen molar-refractivity contribution in [3.05, 3.63) is 35.4 Å². The molecule has 30 heavy (non-hydrogen) atoms. The van der Waals surface area contributed by atoms with Crippen LogP contribution < -0.4 is 18.9 Å². The Morgan fingerprint density at radius 2 is 1.43 bits per heavy atom. The highest BCUT2D eigenvalue weighted by molar-refractivity contribution is 7.59. The van der Waals surface area contributed by atoms with Crippen molar-refractivity contribution < 1.29 is 18.9 Å². The molecule has 2 aliphatic heterocycles. The molecule has 3 aromatic carbocycles. The number of ether oxygens (including phenoxy) is 4. The zero-order valence-corrected chi connectivity index (χ0v) is 19.0. The third kappa shape index (κ3) is 3.05. The van der Waals surface area contributed by atoms with Gasteiger partial charge in [0.1, 0.15) is 0 Å². The Balaban J connectivity index is 0.00000218. The maximum absolute atomic E-state index is 5.71. The summed E-state index contributed by atoms with van der Waals surface area (Å²) in [5.74, 6) is 3.16. The molecule has 160 valence electrons. The quantitative estimate of drug-likeness (QED) is 0.548. The molecule has 3 aromatic rings. The van der Waals surface area contributed by atoms with Crippen LogP contribution in [-0.2, 0) is 13.0 Å². The average molecular weight is 428 g/mol. The summed E-state index contributed by atoms with van der Waals surface area (Å²) in [4.78, 5) is 2.58. The number of benzene rings is 3. The standard InChI is InChI=1S/C24H27NO4.H2S/c1-5-14-7-15-16-8-21(26-3)22(27-4)9-17(16)18-10-23-24(29-13-28-23)11-19(18)20(15)12-25(14)6-2;/h8-11,14H,5-7,12-13H2,1-4H3;1H2. The first-order valence-electron chi connectivity index (χ1n) is 10.3. The van der Waals surface area contributed by atoms with Crippen molar-refractivity contribution in [3.63, 3.8) is 0 Å². The molecule has 0 radical (unpaired) electrons. The van der Waals surface area contributed by atoms with Gasteiger partial charge in [0.25, 0.3) is 0 Å². The van der Waals surface area contributed by atoms with E-state index in [1.807, 2.05) is 0 Å². The highest BCUT2D eigenvalue weighted by atomic mass is 32.1. The molecular formula is C24H29NO4S. The fraction of sp³-hybridized carbons (Fsp3) is 0.417. The second kappa shape index (κ2) is 8.08. The fourth-order valence-corrected chi connectivity index (χ4v) is 4.97. The van der Waals surface area contributed by atoms with E-state index in [0.717, 1.165) is 48.9 Å². The number of likely N-dealkylation sites (N-methyl/N-ethyl adjacent to an activating group) is 1. The molecule has 0 bridgehead atoms. The van der Waals surface area contributed by atoms with E-state index in [9.17, 15) is 0 Å². The monoisotopic (exact) mass is 427 g/mol. The zero-order valence-electron chi connectivity index (χ0n) is 18.0. The first kappa shape index (κ1) is 20.9. The van der Waals surface area contributed by atoms with Crippen LogP contribution in [-0.4, -0.2) is 38.5 Å². The second-order valence-corrected chi connectivity index (χ2v) is 7.79. The molecule has 1 atom stereocenters. The van der Waals surface area contributed by atoms with Gasteiger partial charge in [0.05, 0.1) is 14.2 Å². The summed E-state index contributed by atoms with van der Waals surface area (Å²) < 4.78 is 22.6. The Morgan fingerprint density at radius 3 is 2.03 bits per heavy atom. The van der Waals surface area contributed by atoms with Gasteiger partial charge in [-0.25, -0.2) is 0 Å². The number of methoxy groups -OCH3 is 2. The lowest BCUT2D eigenvalue weighted by molar-refractivity contribution is 0.174. The van der Waals surface area contributed by atoms with Crippen molar-refractivity contribution in [1.29, 1.82) is 0 Å². The highest BCUT2D eigenvalue weighted by Gasteiger charge is 2.29. The minimum absolute atomic E-state index is 0. The molecule has 0 N–H and O–H groups in total. The Kier molecular flexibility index (Phi) is 5.64. The van der Waals surface area contributed by atoms with E-state index < -0.39 is 0 Å². The van der Waals surface area contributed by atoms with E-state index in [0.29, 0.717) is 6.04 Å². The van der Waals surface area contributed by atoms with Gasteiger partial charge in [-0.1, -0.05) is 13.8 Å². The van der Waals surface area contributed by atoms with E-state index in [4.69, 9.17) is 18.9 Å². The third-order valence-electron chi connectivity index (χ3n) is 6.54. The Morgan fingerprint density at radius 1 is 0.867 bits per heavy atom. The molecule has 0 saturated carbocycles. The molecule has 2 aliphatic rings. The maximum Gasteiger partial charge on any atom is 0.231 e. The van der Waals surface area contributed by atoms with Gasteiger partial charge in [-0.3, -0.25) is 4.90 Å². The Labute approximate surface area is 184 Å². The smallest absolute Gasteiger partial charge is 0.231 e. The first-order valence-corrected chi connectivity index (χ1v) is 10.3. The molecule has 0 fully saturated rings. The van der Waals surface area contributed by atoms with Gasteiger partial charge in [-0.15, -0.1) is 0 Å². The van der Waals surface area contributed by atoms with Gasteiger partial charge in [-0.2, -0.15) is 13.5 Å². The lowest BCUT2D eigenvalue weighted by Crippen LogP contribution is -2.39. The number of fused-ring (bicyclic) bond motifs is 7.